The van der Waals surface area contributed by atoms with Gasteiger partial charge in [0.15, 0.2) is 0 Å². The number of nitrogens with one attached hydrogen (secondary N) is 1. The molecule has 124 valence electrons. The molecule has 0 aliphatic carbocycles. The van der Waals surface area contributed by atoms with Crippen LogP contribution in [0.3, 0.4) is 0 Å². The van der Waals surface area contributed by atoms with Crippen molar-refractivity contribution in [2.45, 2.75) is 39.5 Å². The molecular formula is C21H23NO2. The number of fused-ring (bicyclic) bond motifs is 1. The Hall–Kier alpha value is -2.55. The summed E-state index contributed by atoms with van der Waals surface area (Å²) in [5.41, 5.74) is 6.37. The highest BCUT2D eigenvalue weighted by molar-refractivity contribution is 5.95. The van der Waals surface area contributed by atoms with E-state index in [9.17, 15) is 9.90 Å². The lowest BCUT2D eigenvalue weighted by atomic mass is 9.97. The summed E-state index contributed by atoms with van der Waals surface area (Å²) < 4.78 is 0. The number of hydrogen-bond donors (Lipinski definition) is 2. The van der Waals surface area contributed by atoms with Crippen molar-refractivity contribution in [3.8, 4) is 11.3 Å². The van der Waals surface area contributed by atoms with Crippen molar-refractivity contribution in [1.29, 1.82) is 0 Å². The predicted octanol–water partition coefficient (Wildman–Crippen LogP) is 5.15. The molecule has 1 heterocycles. The minimum absolute atomic E-state index is 0.0202. The van der Waals surface area contributed by atoms with E-state index in [1.165, 1.54) is 11.1 Å². The zero-order valence-electron chi connectivity index (χ0n) is 14.4. The fourth-order valence-corrected chi connectivity index (χ4v) is 3.27. The maximum atomic E-state index is 11.4. The Bertz CT molecular complexity index is 873. The van der Waals surface area contributed by atoms with Crippen LogP contribution >= 0.6 is 0 Å². The first-order valence-electron chi connectivity index (χ1n) is 8.45. The fraction of sp³-hybridized carbons (Fsp3) is 0.286. The molecular weight excluding hydrogens is 298 g/mol. The summed E-state index contributed by atoms with van der Waals surface area (Å²) >= 11 is 0. The summed E-state index contributed by atoms with van der Waals surface area (Å²) in [5.74, 6) is -0.433. The topological polar surface area (TPSA) is 53.1 Å². The van der Waals surface area contributed by atoms with Crippen LogP contribution in [0.1, 0.15) is 43.4 Å². The van der Waals surface area contributed by atoms with Gasteiger partial charge in [0.05, 0.1) is 12.1 Å². The Labute approximate surface area is 142 Å². The summed E-state index contributed by atoms with van der Waals surface area (Å²) in [6.07, 6.45) is 1.01. The molecule has 0 radical (unpaired) electrons. The second kappa shape index (κ2) is 6.52. The molecule has 1 aromatic heterocycles. The van der Waals surface area contributed by atoms with E-state index in [1.54, 1.807) is 0 Å². The fourth-order valence-electron chi connectivity index (χ4n) is 3.27. The SMILES string of the molecule is CCc1ccc(-c2[nH]c3c(C(C)C)cccc3c2CC(=O)O)cc1. The number of hydrogen-bond acceptors (Lipinski definition) is 1. The van der Waals surface area contributed by atoms with Crippen molar-refractivity contribution in [3.63, 3.8) is 0 Å². The van der Waals surface area contributed by atoms with Gasteiger partial charge in [-0.2, -0.15) is 0 Å². The molecule has 2 N–H and O–H groups in total. The van der Waals surface area contributed by atoms with Crippen LogP contribution in [-0.4, -0.2) is 16.1 Å². The lowest BCUT2D eigenvalue weighted by Gasteiger charge is -2.06. The molecule has 0 amide bonds. The minimum Gasteiger partial charge on any atom is -0.481 e. The first kappa shape index (κ1) is 16.3. The molecule has 3 heteroatoms. The first-order valence-corrected chi connectivity index (χ1v) is 8.45. The molecule has 0 unspecified atom stereocenters. The summed E-state index contributed by atoms with van der Waals surface area (Å²) in [4.78, 5) is 14.9. The second-order valence-corrected chi connectivity index (χ2v) is 6.52. The van der Waals surface area contributed by atoms with Crippen molar-refractivity contribution in [2.24, 2.45) is 0 Å². The summed E-state index contributed by atoms with van der Waals surface area (Å²) in [5, 5.41) is 10.4. The number of carboxylic acids is 1. The number of carboxylic acid groups (broad SMARTS) is 1. The molecule has 0 saturated heterocycles. The van der Waals surface area contributed by atoms with Crippen LogP contribution in [0.15, 0.2) is 42.5 Å². The summed E-state index contributed by atoms with van der Waals surface area (Å²) in [7, 11) is 0. The van der Waals surface area contributed by atoms with E-state index in [2.05, 4.69) is 56.1 Å². The molecule has 24 heavy (non-hydrogen) atoms. The third-order valence-electron chi connectivity index (χ3n) is 4.57. The van der Waals surface area contributed by atoms with E-state index < -0.39 is 5.97 Å². The first-order chi connectivity index (χ1) is 11.5. The van der Waals surface area contributed by atoms with Gasteiger partial charge in [0.1, 0.15) is 0 Å². The quantitative estimate of drug-likeness (QED) is 0.683. The highest BCUT2D eigenvalue weighted by Crippen LogP contribution is 2.34. The molecule has 3 rings (SSSR count). The molecule has 0 aliphatic heterocycles. The summed E-state index contributed by atoms with van der Waals surface area (Å²) in [6.45, 7) is 6.44. The predicted molar refractivity (Wildman–Crippen MR) is 98.5 cm³/mol. The number of rotatable bonds is 5. The molecule has 0 fully saturated rings. The van der Waals surface area contributed by atoms with Crippen molar-refractivity contribution >= 4 is 16.9 Å². The van der Waals surface area contributed by atoms with Gasteiger partial charge in [0.2, 0.25) is 0 Å². The summed E-state index contributed by atoms with van der Waals surface area (Å²) in [6, 6.07) is 14.5. The van der Waals surface area contributed by atoms with Gasteiger partial charge >= 0.3 is 5.97 Å². The number of aryl methyl sites for hydroxylation is 1. The number of H-pyrrole nitrogens is 1. The Morgan fingerprint density at radius 2 is 1.83 bits per heavy atom. The van der Waals surface area contributed by atoms with E-state index in [0.717, 1.165) is 34.1 Å². The lowest BCUT2D eigenvalue weighted by molar-refractivity contribution is -0.136. The van der Waals surface area contributed by atoms with E-state index >= 15 is 0 Å². The van der Waals surface area contributed by atoms with Crippen LogP contribution in [0.5, 0.6) is 0 Å². The molecule has 3 nitrogen and oxygen atoms in total. The third kappa shape index (κ3) is 2.94. The van der Waals surface area contributed by atoms with E-state index in [-0.39, 0.29) is 6.42 Å². The van der Waals surface area contributed by atoms with Crippen LogP contribution in [-0.2, 0) is 17.6 Å². The normalized spacial score (nSPS) is 11.3. The maximum absolute atomic E-state index is 11.4. The zero-order valence-corrected chi connectivity index (χ0v) is 14.4. The van der Waals surface area contributed by atoms with Gasteiger partial charge in [-0.15, -0.1) is 0 Å². The van der Waals surface area contributed by atoms with Crippen LogP contribution in [0, 0.1) is 0 Å². The number of carbonyl (C=O) groups is 1. The number of aliphatic carboxylic acids is 1. The average Bonchev–Trinajstić information content (AvgIpc) is 2.92. The van der Waals surface area contributed by atoms with Crippen LogP contribution in [0.4, 0.5) is 0 Å². The van der Waals surface area contributed by atoms with E-state index in [1.807, 2.05) is 12.1 Å². The molecule has 0 bridgehead atoms. The molecule has 0 saturated carbocycles. The van der Waals surface area contributed by atoms with Crippen molar-refractivity contribution < 1.29 is 9.90 Å². The van der Waals surface area contributed by atoms with Gasteiger partial charge in [-0.3, -0.25) is 4.79 Å². The monoisotopic (exact) mass is 321 g/mol. The lowest BCUT2D eigenvalue weighted by Crippen LogP contribution is -2.01. The number of para-hydroxylation sites is 1. The van der Waals surface area contributed by atoms with Crippen LogP contribution < -0.4 is 0 Å². The molecule has 0 spiro atoms. The largest absolute Gasteiger partial charge is 0.481 e. The zero-order chi connectivity index (χ0) is 17.3. The van der Waals surface area contributed by atoms with Gasteiger partial charge in [0, 0.05) is 10.9 Å². The van der Waals surface area contributed by atoms with Gasteiger partial charge in [0.25, 0.3) is 0 Å². The van der Waals surface area contributed by atoms with Gasteiger partial charge in [-0.1, -0.05) is 63.2 Å². The maximum Gasteiger partial charge on any atom is 0.307 e. The third-order valence-corrected chi connectivity index (χ3v) is 4.57. The van der Waals surface area contributed by atoms with E-state index in [4.69, 9.17) is 0 Å². The molecule has 0 aliphatic rings. The smallest absolute Gasteiger partial charge is 0.307 e. The van der Waals surface area contributed by atoms with Crippen molar-refractivity contribution in [3.05, 3.63) is 59.2 Å². The molecule has 3 aromatic rings. The van der Waals surface area contributed by atoms with Crippen molar-refractivity contribution in [1.82, 2.24) is 4.98 Å². The van der Waals surface area contributed by atoms with Crippen LogP contribution in [0.2, 0.25) is 0 Å². The van der Waals surface area contributed by atoms with Gasteiger partial charge in [-0.25, -0.2) is 0 Å². The average molecular weight is 321 g/mol. The van der Waals surface area contributed by atoms with Crippen molar-refractivity contribution in [2.75, 3.05) is 0 Å². The molecule has 2 aromatic carbocycles. The Morgan fingerprint density at radius 3 is 2.42 bits per heavy atom. The Kier molecular flexibility index (Phi) is 4.43. The Morgan fingerprint density at radius 1 is 1.12 bits per heavy atom. The number of benzene rings is 2. The highest BCUT2D eigenvalue weighted by Gasteiger charge is 2.18. The van der Waals surface area contributed by atoms with Gasteiger partial charge in [-0.05, 0) is 34.6 Å². The van der Waals surface area contributed by atoms with E-state index in [0.29, 0.717) is 5.92 Å². The standard InChI is InChI=1S/C21H23NO2/c1-4-14-8-10-15(11-9-14)20-18(12-19(23)24)17-7-5-6-16(13(2)3)21(17)22-20/h5-11,13,22H,4,12H2,1-3H3,(H,23,24). The highest BCUT2D eigenvalue weighted by atomic mass is 16.4. The minimum atomic E-state index is -0.808. The Balaban J connectivity index is 2.24. The molecule has 0 atom stereocenters. The number of aromatic nitrogens is 1. The second-order valence-electron chi connectivity index (χ2n) is 6.52. The number of aromatic amines is 1. The van der Waals surface area contributed by atoms with Gasteiger partial charge < -0.3 is 10.1 Å². The van der Waals surface area contributed by atoms with Crippen LogP contribution in [0.25, 0.3) is 22.2 Å².